The molecule has 9 nitrogen and oxygen atoms in total. The van der Waals surface area contributed by atoms with E-state index in [1.807, 2.05) is 0 Å². The number of pyridine rings is 1. The van der Waals surface area contributed by atoms with Gasteiger partial charge >= 0.3 is 13.0 Å². The lowest BCUT2D eigenvalue weighted by molar-refractivity contribution is -0.274. The molecule has 0 bridgehead atoms. The average Bonchev–Trinajstić information content (AvgIpc) is 2.78. The predicted molar refractivity (Wildman–Crippen MR) is 113 cm³/mol. The largest absolute Gasteiger partial charge is 0.573 e. The summed E-state index contributed by atoms with van der Waals surface area (Å²) in [4.78, 5) is 27.9. The second-order valence-corrected chi connectivity index (χ2v) is 6.87. The zero-order valence-corrected chi connectivity index (χ0v) is 18.4. The van der Waals surface area contributed by atoms with Gasteiger partial charge in [-0.2, -0.15) is 8.78 Å². The van der Waals surface area contributed by atoms with Crippen molar-refractivity contribution in [2.24, 2.45) is 5.73 Å². The first-order valence-electron chi connectivity index (χ1n) is 9.83. The van der Waals surface area contributed by atoms with E-state index in [4.69, 9.17) is 15.2 Å². The van der Waals surface area contributed by atoms with Gasteiger partial charge in [0.25, 0.3) is 11.8 Å². The number of alkyl halides is 5. The second kappa shape index (κ2) is 10.9. The Hall–Kier alpha value is -4.69. The van der Waals surface area contributed by atoms with Crippen molar-refractivity contribution in [3.8, 4) is 28.7 Å². The standard InChI is InChI=1S/C22H15F6N3O6/c1-34-16-8-11(37-22(26,27)28)2-3-15(16)36-17-9-12(35-21(24)25)7-13(23)18(17)20(33)31-10-4-5-30-14(6-10)19(29)32/h2-9,21H,1H3,(H2,29,32)(H,30,31,33). The van der Waals surface area contributed by atoms with E-state index in [9.17, 15) is 35.9 Å². The number of nitrogens with zero attached hydrogens (tertiary/aromatic N) is 1. The van der Waals surface area contributed by atoms with Crippen LogP contribution in [0.4, 0.5) is 32.0 Å². The van der Waals surface area contributed by atoms with Crippen LogP contribution in [0.1, 0.15) is 20.8 Å². The third-order valence-electron chi connectivity index (χ3n) is 4.34. The molecule has 37 heavy (non-hydrogen) atoms. The van der Waals surface area contributed by atoms with Crippen molar-refractivity contribution in [3.63, 3.8) is 0 Å². The molecule has 3 aromatic rings. The number of nitrogens with one attached hydrogen (secondary N) is 1. The molecule has 3 rings (SSSR count). The number of hydrogen-bond donors (Lipinski definition) is 2. The normalized spacial score (nSPS) is 11.1. The third kappa shape index (κ3) is 7.16. The lowest BCUT2D eigenvalue weighted by atomic mass is 10.1. The monoisotopic (exact) mass is 531 g/mol. The number of benzene rings is 2. The second-order valence-electron chi connectivity index (χ2n) is 6.87. The van der Waals surface area contributed by atoms with Crippen molar-refractivity contribution in [1.82, 2.24) is 4.98 Å². The van der Waals surface area contributed by atoms with Crippen LogP contribution < -0.4 is 30.0 Å². The minimum atomic E-state index is -5.01. The van der Waals surface area contributed by atoms with E-state index in [1.165, 1.54) is 6.07 Å². The summed E-state index contributed by atoms with van der Waals surface area (Å²) in [7, 11) is 1.07. The Morgan fingerprint density at radius 1 is 1.00 bits per heavy atom. The molecule has 0 aliphatic rings. The fraction of sp³-hybridized carbons (Fsp3) is 0.136. The van der Waals surface area contributed by atoms with Crippen LogP contribution in [0, 0.1) is 5.82 Å². The molecule has 0 aliphatic heterocycles. The highest BCUT2D eigenvalue weighted by Gasteiger charge is 2.31. The molecule has 1 heterocycles. The summed E-state index contributed by atoms with van der Waals surface area (Å²) >= 11 is 0. The number of hydrogen-bond acceptors (Lipinski definition) is 7. The Labute approximate surface area is 203 Å². The summed E-state index contributed by atoms with van der Waals surface area (Å²) in [6, 6.07) is 6.17. The van der Waals surface area contributed by atoms with E-state index in [-0.39, 0.29) is 22.9 Å². The van der Waals surface area contributed by atoms with Crippen molar-refractivity contribution in [2.45, 2.75) is 13.0 Å². The van der Waals surface area contributed by atoms with Gasteiger partial charge in [0.1, 0.15) is 34.3 Å². The molecule has 0 radical (unpaired) electrons. The number of primary amides is 1. The lowest BCUT2D eigenvalue weighted by Gasteiger charge is -2.17. The summed E-state index contributed by atoms with van der Waals surface area (Å²) in [6.07, 6.45) is -3.87. The number of nitrogens with two attached hydrogens (primary N) is 1. The molecule has 0 unspecified atom stereocenters. The highest BCUT2D eigenvalue weighted by atomic mass is 19.4. The van der Waals surface area contributed by atoms with Gasteiger partial charge in [-0.15, -0.1) is 13.2 Å². The Morgan fingerprint density at radius 2 is 1.70 bits per heavy atom. The summed E-state index contributed by atoms with van der Waals surface area (Å²) in [6.45, 7) is -3.36. The molecular weight excluding hydrogens is 516 g/mol. The van der Waals surface area contributed by atoms with Crippen LogP contribution in [0.2, 0.25) is 0 Å². The summed E-state index contributed by atoms with van der Waals surface area (Å²) in [5.74, 6) is -6.17. The Morgan fingerprint density at radius 3 is 2.32 bits per heavy atom. The van der Waals surface area contributed by atoms with Crippen LogP contribution in [-0.4, -0.2) is 36.9 Å². The molecule has 3 N–H and O–H groups in total. The smallest absolute Gasteiger partial charge is 0.493 e. The highest BCUT2D eigenvalue weighted by Crippen LogP contribution is 2.39. The van der Waals surface area contributed by atoms with E-state index < -0.39 is 53.4 Å². The first-order valence-corrected chi connectivity index (χ1v) is 9.83. The van der Waals surface area contributed by atoms with Crippen LogP contribution in [-0.2, 0) is 0 Å². The fourth-order valence-corrected chi connectivity index (χ4v) is 2.91. The Balaban J connectivity index is 2.02. The van der Waals surface area contributed by atoms with E-state index in [0.717, 1.165) is 43.6 Å². The first-order chi connectivity index (χ1) is 17.4. The van der Waals surface area contributed by atoms with E-state index in [1.54, 1.807) is 0 Å². The number of carbonyl (C=O) groups excluding carboxylic acids is 2. The predicted octanol–water partition coefficient (Wildman–Crippen LogP) is 4.87. The quantitative estimate of drug-likeness (QED) is 0.378. The van der Waals surface area contributed by atoms with Crippen LogP contribution in [0.25, 0.3) is 0 Å². The van der Waals surface area contributed by atoms with E-state index >= 15 is 0 Å². The summed E-state index contributed by atoms with van der Waals surface area (Å²) in [5.41, 5.74) is 4.08. The molecule has 0 fully saturated rings. The molecular formula is C22H15F6N3O6. The summed E-state index contributed by atoms with van der Waals surface area (Å²) < 4.78 is 96.3. The van der Waals surface area contributed by atoms with Crippen molar-refractivity contribution in [3.05, 3.63) is 65.7 Å². The van der Waals surface area contributed by atoms with Crippen LogP contribution in [0.5, 0.6) is 28.7 Å². The molecule has 0 atom stereocenters. The molecule has 2 aromatic carbocycles. The minimum absolute atomic E-state index is 0.0294. The zero-order valence-electron chi connectivity index (χ0n) is 18.4. The molecule has 0 saturated carbocycles. The molecule has 196 valence electrons. The van der Waals surface area contributed by atoms with Gasteiger partial charge in [0.15, 0.2) is 11.5 Å². The Kier molecular flexibility index (Phi) is 7.95. The minimum Gasteiger partial charge on any atom is -0.493 e. The van der Waals surface area contributed by atoms with E-state index in [0.29, 0.717) is 6.07 Å². The molecule has 0 saturated heterocycles. The molecule has 1 aromatic heterocycles. The van der Waals surface area contributed by atoms with Crippen molar-refractivity contribution in [2.75, 3.05) is 12.4 Å². The Bertz CT molecular complexity index is 1320. The van der Waals surface area contributed by atoms with Gasteiger partial charge < -0.3 is 30.0 Å². The van der Waals surface area contributed by atoms with E-state index in [2.05, 4.69) is 19.8 Å². The molecule has 2 amide bonds. The van der Waals surface area contributed by atoms with Crippen LogP contribution in [0.15, 0.2) is 48.7 Å². The van der Waals surface area contributed by atoms with Gasteiger partial charge in [-0.05, 0) is 24.3 Å². The van der Waals surface area contributed by atoms with Gasteiger partial charge in [-0.3, -0.25) is 14.6 Å². The SMILES string of the molecule is COc1cc(OC(F)(F)F)ccc1Oc1cc(OC(F)F)cc(F)c1C(=O)Nc1ccnc(C(N)=O)c1. The number of halogens is 6. The van der Waals surface area contributed by atoms with Crippen LogP contribution in [0.3, 0.4) is 0 Å². The molecule has 15 heteroatoms. The number of carbonyl (C=O) groups is 2. The van der Waals surface area contributed by atoms with Crippen molar-refractivity contribution < 1.29 is 54.9 Å². The number of aromatic nitrogens is 1. The third-order valence-corrected chi connectivity index (χ3v) is 4.34. The number of anilines is 1. The maximum Gasteiger partial charge on any atom is 0.573 e. The van der Waals surface area contributed by atoms with Crippen molar-refractivity contribution in [1.29, 1.82) is 0 Å². The lowest BCUT2D eigenvalue weighted by Crippen LogP contribution is -2.18. The number of rotatable bonds is 9. The maximum absolute atomic E-state index is 14.9. The number of ether oxygens (including phenoxy) is 4. The van der Waals surface area contributed by atoms with Gasteiger partial charge in [-0.1, -0.05) is 0 Å². The topological polar surface area (TPSA) is 122 Å². The average molecular weight is 531 g/mol. The molecule has 0 aliphatic carbocycles. The fourth-order valence-electron chi connectivity index (χ4n) is 2.91. The molecule has 0 spiro atoms. The number of amides is 2. The summed E-state index contributed by atoms with van der Waals surface area (Å²) in [5, 5.41) is 2.27. The number of methoxy groups -OCH3 is 1. The highest BCUT2D eigenvalue weighted by molar-refractivity contribution is 6.07. The maximum atomic E-state index is 14.9. The van der Waals surface area contributed by atoms with Gasteiger partial charge in [0.2, 0.25) is 0 Å². The van der Waals surface area contributed by atoms with Gasteiger partial charge in [0.05, 0.1) is 7.11 Å². The van der Waals surface area contributed by atoms with Gasteiger partial charge in [-0.25, -0.2) is 4.39 Å². The first kappa shape index (κ1) is 26.9. The van der Waals surface area contributed by atoms with Gasteiger partial charge in [0, 0.05) is 30.1 Å². The van der Waals surface area contributed by atoms with Crippen molar-refractivity contribution >= 4 is 17.5 Å². The van der Waals surface area contributed by atoms with Crippen LogP contribution >= 0.6 is 0 Å². The zero-order chi connectivity index (χ0) is 27.3.